The zero-order valence-corrected chi connectivity index (χ0v) is 14.2. The number of ether oxygens (including phenoxy) is 1. The third-order valence-corrected chi connectivity index (χ3v) is 3.85. The first-order chi connectivity index (χ1) is 12.2. The number of aromatic amines is 1. The van der Waals surface area contributed by atoms with Crippen molar-refractivity contribution in [3.05, 3.63) is 66.1 Å². The van der Waals surface area contributed by atoms with E-state index < -0.39 is 0 Å². The molecule has 2 aromatic heterocycles. The van der Waals surface area contributed by atoms with Gasteiger partial charge in [0.1, 0.15) is 11.4 Å². The van der Waals surface area contributed by atoms with Gasteiger partial charge < -0.3 is 10.1 Å². The Bertz CT molecular complexity index is 828. The molecule has 1 aromatic carbocycles. The van der Waals surface area contributed by atoms with E-state index in [-0.39, 0.29) is 11.9 Å². The summed E-state index contributed by atoms with van der Waals surface area (Å²) in [5, 5.41) is 9.98. The van der Waals surface area contributed by atoms with Gasteiger partial charge in [0.15, 0.2) is 0 Å². The zero-order chi connectivity index (χ0) is 17.6. The summed E-state index contributed by atoms with van der Waals surface area (Å²) in [6, 6.07) is 13.1. The molecule has 2 N–H and O–H groups in total. The van der Waals surface area contributed by atoms with Crippen LogP contribution in [-0.2, 0) is 6.42 Å². The smallest absolute Gasteiger partial charge is 0.269 e. The SMILES string of the molecule is COc1ccc(-c2cc(C(=O)N[C@@H](C)Cc3cccnc3)[nH]n2)cc1. The van der Waals surface area contributed by atoms with Crippen molar-refractivity contribution in [1.29, 1.82) is 0 Å². The van der Waals surface area contributed by atoms with Gasteiger partial charge in [-0.1, -0.05) is 6.07 Å². The summed E-state index contributed by atoms with van der Waals surface area (Å²) in [6.07, 6.45) is 4.26. The van der Waals surface area contributed by atoms with E-state index in [4.69, 9.17) is 4.74 Å². The van der Waals surface area contributed by atoms with Gasteiger partial charge in [-0.25, -0.2) is 0 Å². The van der Waals surface area contributed by atoms with Crippen molar-refractivity contribution in [2.75, 3.05) is 7.11 Å². The quantitative estimate of drug-likeness (QED) is 0.725. The lowest BCUT2D eigenvalue weighted by molar-refractivity contribution is 0.0935. The van der Waals surface area contributed by atoms with Crippen LogP contribution in [0.5, 0.6) is 5.75 Å². The maximum atomic E-state index is 12.4. The van der Waals surface area contributed by atoms with E-state index in [1.54, 1.807) is 25.6 Å². The predicted molar refractivity (Wildman–Crippen MR) is 95.4 cm³/mol. The monoisotopic (exact) mass is 336 g/mol. The van der Waals surface area contributed by atoms with Crippen LogP contribution in [0.2, 0.25) is 0 Å². The number of benzene rings is 1. The number of methoxy groups -OCH3 is 1. The molecule has 6 heteroatoms. The van der Waals surface area contributed by atoms with E-state index in [0.717, 1.165) is 23.3 Å². The second-order valence-corrected chi connectivity index (χ2v) is 5.84. The van der Waals surface area contributed by atoms with Crippen LogP contribution in [0, 0.1) is 0 Å². The molecule has 6 nitrogen and oxygen atoms in total. The summed E-state index contributed by atoms with van der Waals surface area (Å²) in [5.74, 6) is 0.602. The Morgan fingerprint density at radius 3 is 2.76 bits per heavy atom. The minimum atomic E-state index is -0.177. The van der Waals surface area contributed by atoms with Gasteiger partial charge in [-0.05, 0) is 55.3 Å². The van der Waals surface area contributed by atoms with E-state index >= 15 is 0 Å². The lowest BCUT2D eigenvalue weighted by Gasteiger charge is -2.12. The maximum absolute atomic E-state index is 12.4. The number of H-pyrrole nitrogens is 1. The molecule has 0 saturated carbocycles. The average molecular weight is 336 g/mol. The van der Waals surface area contributed by atoms with Crippen LogP contribution in [0.1, 0.15) is 23.0 Å². The molecule has 0 fully saturated rings. The molecular weight excluding hydrogens is 316 g/mol. The van der Waals surface area contributed by atoms with Crippen LogP contribution in [0.25, 0.3) is 11.3 Å². The van der Waals surface area contributed by atoms with Crippen LogP contribution < -0.4 is 10.1 Å². The molecule has 0 unspecified atom stereocenters. The number of carbonyl (C=O) groups is 1. The van der Waals surface area contributed by atoms with Gasteiger partial charge in [-0.15, -0.1) is 0 Å². The Hall–Kier alpha value is -3.15. The van der Waals surface area contributed by atoms with Crippen LogP contribution in [0.3, 0.4) is 0 Å². The van der Waals surface area contributed by atoms with Crippen molar-refractivity contribution < 1.29 is 9.53 Å². The second-order valence-electron chi connectivity index (χ2n) is 5.84. The van der Waals surface area contributed by atoms with Crippen LogP contribution >= 0.6 is 0 Å². The summed E-state index contributed by atoms with van der Waals surface area (Å²) in [4.78, 5) is 16.5. The lowest BCUT2D eigenvalue weighted by atomic mass is 10.1. The number of rotatable bonds is 6. The fourth-order valence-electron chi connectivity index (χ4n) is 2.57. The average Bonchev–Trinajstić information content (AvgIpc) is 3.13. The minimum absolute atomic E-state index is 0.00978. The fourth-order valence-corrected chi connectivity index (χ4v) is 2.57. The fraction of sp³-hybridized carbons (Fsp3) is 0.211. The highest BCUT2D eigenvalue weighted by atomic mass is 16.5. The number of amides is 1. The largest absolute Gasteiger partial charge is 0.497 e. The molecule has 3 aromatic rings. The molecule has 0 spiro atoms. The van der Waals surface area contributed by atoms with Gasteiger partial charge in [0, 0.05) is 24.0 Å². The van der Waals surface area contributed by atoms with Gasteiger partial charge in [0.2, 0.25) is 0 Å². The van der Waals surface area contributed by atoms with Gasteiger partial charge in [0.05, 0.1) is 12.8 Å². The summed E-state index contributed by atoms with van der Waals surface area (Å²) >= 11 is 0. The van der Waals surface area contributed by atoms with E-state index in [0.29, 0.717) is 11.4 Å². The standard InChI is InChI=1S/C19H20N4O2/c1-13(10-14-4-3-9-20-12-14)21-19(24)18-11-17(22-23-18)15-5-7-16(25-2)8-6-15/h3-9,11-13H,10H2,1-2H3,(H,21,24)(H,22,23)/t13-/m0/s1. The summed E-state index contributed by atoms with van der Waals surface area (Å²) < 4.78 is 5.14. The van der Waals surface area contributed by atoms with Gasteiger partial charge >= 0.3 is 0 Å². The lowest BCUT2D eigenvalue weighted by Crippen LogP contribution is -2.34. The summed E-state index contributed by atoms with van der Waals surface area (Å²) in [5.41, 5.74) is 3.15. The van der Waals surface area contributed by atoms with Crippen molar-refractivity contribution in [2.24, 2.45) is 0 Å². The molecular formula is C19H20N4O2. The molecule has 3 rings (SSSR count). The topological polar surface area (TPSA) is 79.9 Å². The molecule has 25 heavy (non-hydrogen) atoms. The summed E-state index contributed by atoms with van der Waals surface area (Å²) in [7, 11) is 1.62. The molecule has 0 saturated heterocycles. The molecule has 0 bridgehead atoms. The number of nitrogens with zero attached hydrogens (tertiary/aromatic N) is 2. The summed E-state index contributed by atoms with van der Waals surface area (Å²) in [6.45, 7) is 1.96. The molecule has 2 heterocycles. The second kappa shape index (κ2) is 7.61. The Morgan fingerprint density at radius 1 is 1.28 bits per heavy atom. The highest BCUT2D eigenvalue weighted by molar-refractivity contribution is 5.93. The normalized spacial score (nSPS) is 11.8. The highest BCUT2D eigenvalue weighted by Gasteiger charge is 2.14. The predicted octanol–water partition coefficient (Wildman–Crippen LogP) is 2.84. The van der Waals surface area contributed by atoms with Gasteiger partial charge in [0.25, 0.3) is 5.91 Å². The Labute approximate surface area is 146 Å². The number of hydrogen-bond donors (Lipinski definition) is 2. The Morgan fingerprint density at radius 2 is 2.08 bits per heavy atom. The van der Waals surface area contributed by atoms with Crippen molar-refractivity contribution >= 4 is 5.91 Å². The zero-order valence-electron chi connectivity index (χ0n) is 14.2. The van der Waals surface area contributed by atoms with Crippen molar-refractivity contribution in [3.8, 4) is 17.0 Å². The third-order valence-electron chi connectivity index (χ3n) is 3.85. The maximum Gasteiger partial charge on any atom is 0.269 e. The molecule has 0 aliphatic heterocycles. The molecule has 0 radical (unpaired) electrons. The van der Waals surface area contributed by atoms with Crippen LogP contribution in [0.15, 0.2) is 54.9 Å². The van der Waals surface area contributed by atoms with Crippen molar-refractivity contribution in [3.63, 3.8) is 0 Å². The van der Waals surface area contributed by atoms with Crippen LogP contribution in [0.4, 0.5) is 0 Å². The first kappa shape index (κ1) is 16.7. The van der Waals surface area contributed by atoms with E-state index in [2.05, 4.69) is 20.5 Å². The molecule has 128 valence electrons. The Kier molecular flexibility index (Phi) is 5.09. The minimum Gasteiger partial charge on any atom is -0.497 e. The van der Waals surface area contributed by atoms with E-state index in [1.165, 1.54) is 0 Å². The molecule has 0 aliphatic rings. The van der Waals surface area contributed by atoms with Gasteiger partial charge in [-0.2, -0.15) is 5.10 Å². The highest BCUT2D eigenvalue weighted by Crippen LogP contribution is 2.21. The van der Waals surface area contributed by atoms with E-state index in [1.807, 2.05) is 43.3 Å². The van der Waals surface area contributed by atoms with Crippen molar-refractivity contribution in [1.82, 2.24) is 20.5 Å². The first-order valence-corrected chi connectivity index (χ1v) is 8.05. The number of carbonyl (C=O) groups excluding carboxylic acids is 1. The number of hydrogen-bond acceptors (Lipinski definition) is 4. The number of pyridine rings is 1. The van der Waals surface area contributed by atoms with Crippen LogP contribution in [-0.4, -0.2) is 34.2 Å². The van der Waals surface area contributed by atoms with Gasteiger partial charge in [-0.3, -0.25) is 14.9 Å². The molecule has 1 amide bonds. The number of nitrogens with one attached hydrogen (secondary N) is 2. The van der Waals surface area contributed by atoms with E-state index in [9.17, 15) is 4.79 Å². The molecule has 1 atom stereocenters. The Balaban J connectivity index is 1.63. The third kappa shape index (κ3) is 4.23. The molecule has 0 aliphatic carbocycles. The van der Waals surface area contributed by atoms with Crippen molar-refractivity contribution in [2.45, 2.75) is 19.4 Å². The number of aromatic nitrogens is 3. The first-order valence-electron chi connectivity index (χ1n) is 8.05.